The smallest absolute Gasteiger partial charge is 0.378 e. The normalized spacial score (nSPS) is 18.1. The van der Waals surface area contributed by atoms with Gasteiger partial charge in [0.1, 0.15) is 4.21 Å². The minimum absolute atomic E-state index is 0.0672. The Kier molecular flexibility index (Phi) is 6.68. The van der Waals surface area contributed by atoms with Crippen LogP contribution < -0.4 is 10.2 Å². The lowest BCUT2D eigenvalue weighted by Crippen LogP contribution is -2.43. The number of thiophene rings is 1. The van der Waals surface area contributed by atoms with Crippen molar-refractivity contribution >= 4 is 38.6 Å². The number of halogens is 3. The second-order valence-electron chi connectivity index (χ2n) is 7.68. The van der Waals surface area contributed by atoms with Gasteiger partial charge in [0.15, 0.2) is 0 Å². The van der Waals surface area contributed by atoms with Gasteiger partial charge in [0.05, 0.1) is 17.2 Å². The molecule has 1 aromatic heterocycles. The number of hydrogen-bond donors (Lipinski definition) is 1. The van der Waals surface area contributed by atoms with Gasteiger partial charge in [0.2, 0.25) is 5.91 Å². The molecule has 1 aliphatic rings. The lowest BCUT2D eigenvalue weighted by Gasteiger charge is -2.31. The van der Waals surface area contributed by atoms with E-state index in [9.17, 15) is 26.4 Å². The quantitative estimate of drug-likeness (QED) is 0.705. The Bertz CT molecular complexity index is 1070. The van der Waals surface area contributed by atoms with Crippen LogP contribution in [0, 0.1) is 12.8 Å². The zero-order valence-electron chi connectivity index (χ0n) is 17.4. The largest absolute Gasteiger partial charge is 0.418 e. The van der Waals surface area contributed by atoms with Gasteiger partial charge < -0.3 is 10.2 Å². The number of carbonyl (C=O) groups excluding carboxylic acids is 1. The number of sulfonamides is 1. The maximum absolute atomic E-state index is 13.5. The van der Waals surface area contributed by atoms with E-state index in [0.29, 0.717) is 18.5 Å². The fourth-order valence-corrected chi connectivity index (χ4v) is 6.40. The van der Waals surface area contributed by atoms with E-state index in [2.05, 4.69) is 5.32 Å². The molecule has 170 valence electrons. The third-order valence-electron chi connectivity index (χ3n) is 5.15. The maximum atomic E-state index is 13.5. The van der Waals surface area contributed by atoms with Crippen LogP contribution in [0.1, 0.15) is 23.3 Å². The molecule has 31 heavy (non-hydrogen) atoms. The van der Waals surface area contributed by atoms with Crippen molar-refractivity contribution in [2.75, 3.05) is 37.4 Å². The summed E-state index contributed by atoms with van der Waals surface area (Å²) in [6.45, 7) is 2.01. The van der Waals surface area contributed by atoms with Gasteiger partial charge in [-0.1, -0.05) is 0 Å². The van der Waals surface area contributed by atoms with Crippen LogP contribution >= 0.6 is 11.3 Å². The molecular formula is C20H24F3N3O3S2. The van der Waals surface area contributed by atoms with E-state index in [1.54, 1.807) is 27.1 Å². The fraction of sp³-hybridized carbons (Fsp3) is 0.450. The van der Waals surface area contributed by atoms with Crippen LogP contribution in [0.3, 0.4) is 0 Å². The molecule has 3 rings (SSSR count). The van der Waals surface area contributed by atoms with Gasteiger partial charge in [-0.15, -0.1) is 11.3 Å². The third kappa shape index (κ3) is 5.21. The van der Waals surface area contributed by atoms with Crippen molar-refractivity contribution in [3.05, 3.63) is 40.8 Å². The first-order valence-electron chi connectivity index (χ1n) is 9.65. The SMILES string of the molecule is Cc1ccc(S(=O)(=O)N2CCCC(C(=O)Nc3ccc(N(C)C)cc3C(F)(F)F)C2)s1. The average molecular weight is 476 g/mol. The van der Waals surface area contributed by atoms with E-state index in [-0.39, 0.29) is 23.0 Å². The highest BCUT2D eigenvalue weighted by atomic mass is 32.2. The van der Waals surface area contributed by atoms with Gasteiger partial charge in [0, 0.05) is 37.7 Å². The highest BCUT2D eigenvalue weighted by Gasteiger charge is 2.37. The molecule has 11 heteroatoms. The lowest BCUT2D eigenvalue weighted by molar-refractivity contribution is -0.137. The molecule has 2 heterocycles. The van der Waals surface area contributed by atoms with Gasteiger partial charge in [0.25, 0.3) is 10.0 Å². The minimum atomic E-state index is -4.65. The number of hydrogen-bond acceptors (Lipinski definition) is 5. The van der Waals surface area contributed by atoms with Crippen LogP contribution in [0.25, 0.3) is 0 Å². The molecule has 1 amide bonds. The number of carbonyl (C=O) groups is 1. The maximum Gasteiger partial charge on any atom is 0.418 e. The summed E-state index contributed by atoms with van der Waals surface area (Å²) in [7, 11) is -0.491. The monoisotopic (exact) mass is 475 g/mol. The summed E-state index contributed by atoms with van der Waals surface area (Å²) < 4.78 is 67.8. The topological polar surface area (TPSA) is 69.7 Å². The average Bonchev–Trinajstić information content (AvgIpc) is 3.14. The highest BCUT2D eigenvalue weighted by molar-refractivity contribution is 7.91. The molecule has 1 N–H and O–H groups in total. The van der Waals surface area contributed by atoms with Crippen LogP contribution in [0.2, 0.25) is 0 Å². The summed E-state index contributed by atoms with van der Waals surface area (Å²) in [5, 5.41) is 2.37. The van der Waals surface area contributed by atoms with Crippen molar-refractivity contribution in [2.24, 2.45) is 5.92 Å². The van der Waals surface area contributed by atoms with Crippen molar-refractivity contribution in [1.82, 2.24) is 4.31 Å². The Morgan fingerprint density at radius 3 is 2.52 bits per heavy atom. The number of nitrogens with one attached hydrogen (secondary N) is 1. The number of aryl methyl sites for hydroxylation is 1. The predicted molar refractivity (Wildman–Crippen MR) is 115 cm³/mol. The molecule has 0 spiro atoms. The minimum Gasteiger partial charge on any atom is -0.378 e. The van der Waals surface area contributed by atoms with Crippen LogP contribution in [0.5, 0.6) is 0 Å². The van der Waals surface area contributed by atoms with Gasteiger partial charge in [-0.25, -0.2) is 8.42 Å². The molecule has 1 saturated heterocycles. The van der Waals surface area contributed by atoms with E-state index >= 15 is 0 Å². The van der Waals surface area contributed by atoms with E-state index < -0.39 is 33.6 Å². The van der Waals surface area contributed by atoms with Crippen LogP contribution in [0.4, 0.5) is 24.5 Å². The summed E-state index contributed by atoms with van der Waals surface area (Å²) in [5.74, 6) is -1.36. The second kappa shape index (κ2) is 8.79. The molecule has 2 aromatic rings. The summed E-state index contributed by atoms with van der Waals surface area (Å²) >= 11 is 1.15. The first-order valence-corrected chi connectivity index (χ1v) is 11.9. The van der Waals surface area contributed by atoms with Crippen molar-refractivity contribution < 1.29 is 26.4 Å². The number of benzene rings is 1. The molecule has 1 aromatic carbocycles. The summed E-state index contributed by atoms with van der Waals surface area (Å²) in [5.41, 5.74) is -0.926. The summed E-state index contributed by atoms with van der Waals surface area (Å²) in [6.07, 6.45) is -3.79. The lowest BCUT2D eigenvalue weighted by atomic mass is 9.98. The summed E-state index contributed by atoms with van der Waals surface area (Å²) in [4.78, 5) is 15.2. The molecular weight excluding hydrogens is 451 g/mol. The molecule has 1 atom stereocenters. The van der Waals surface area contributed by atoms with E-state index in [1.165, 1.54) is 27.4 Å². The molecule has 1 fully saturated rings. The zero-order valence-corrected chi connectivity index (χ0v) is 19.0. The highest BCUT2D eigenvalue weighted by Crippen LogP contribution is 2.37. The number of rotatable bonds is 5. The molecule has 0 bridgehead atoms. The zero-order chi connectivity index (χ0) is 23.0. The molecule has 0 aliphatic carbocycles. The van der Waals surface area contributed by atoms with Gasteiger partial charge in [-0.2, -0.15) is 17.5 Å². The van der Waals surface area contributed by atoms with E-state index in [4.69, 9.17) is 0 Å². The number of nitrogens with zero attached hydrogens (tertiary/aromatic N) is 2. The Labute approximate surface area is 183 Å². The van der Waals surface area contributed by atoms with Gasteiger partial charge in [-0.3, -0.25) is 4.79 Å². The predicted octanol–water partition coefficient (Wildman–Crippen LogP) is 4.18. The van der Waals surface area contributed by atoms with E-state index in [1.807, 2.05) is 0 Å². The Morgan fingerprint density at radius 1 is 1.23 bits per heavy atom. The Hall–Kier alpha value is -2.11. The van der Waals surface area contributed by atoms with Crippen molar-refractivity contribution in [1.29, 1.82) is 0 Å². The van der Waals surface area contributed by atoms with Crippen LogP contribution in [-0.4, -0.2) is 45.8 Å². The first-order chi connectivity index (χ1) is 14.4. The first kappa shape index (κ1) is 23.6. The number of alkyl halides is 3. The standard InChI is InChI=1S/C20H24F3N3O3S2/c1-13-6-9-18(30-13)31(28,29)26-10-4-5-14(12-26)19(27)24-17-8-7-15(25(2)3)11-16(17)20(21,22)23/h6-9,11,14H,4-5,10,12H2,1-3H3,(H,24,27). The van der Waals surface area contributed by atoms with Crippen LogP contribution in [0.15, 0.2) is 34.5 Å². The molecule has 6 nitrogen and oxygen atoms in total. The van der Waals surface area contributed by atoms with Crippen molar-refractivity contribution in [3.8, 4) is 0 Å². The van der Waals surface area contributed by atoms with Gasteiger partial charge >= 0.3 is 6.18 Å². The molecule has 0 saturated carbocycles. The molecule has 0 radical (unpaired) electrons. The summed E-state index contributed by atoms with van der Waals surface area (Å²) in [6, 6.07) is 6.93. The number of anilines is 2. The van der Waals surface area contributed by atoms with Crippen LogP contribution in [-0.2, 0) is 21.0 Å². The number of amides is 1. The van der Waals surface area contributed by atoms with Gasteiger partial charge in [-0.05, 0) is 50.1 Å². The second-order valence-corrected chi connectivity index (χ2v) is 11.1. The Morgan fingerprint density at radius 2 is 1.94 bits per heavy atom. The molecule has 1 unspecified atom stereocenters. The van der Waals surface area contributed by atoms with E-state index in [0.717, 1.165) is 22.3 Å². The Balaban J connectivity index is 1.79. The molecule has 1 aliphatic heterocycles. The van der Waals surface area contributed by atoms with Crippen molar-refractivity contribution in [3.63, 3.8) is 0 Å². The third-order valence-corrected chi connectivity index (χ3v) is 8.48. The van der Waals surface area contributed by atoms with Crippen molar-refractivity contribution in [2.45, 2.75) is 30.2 Å². The fourth-order valence-electron chi connectivity index (χ4n) is 3.44. The number of piperidine rings is 1.